The van der Waals surface area contributed by atoms with Crippen molar-refractivity contribution in [3.8, 4) is 0 Å². The molecule has 0 saturated heterocycles. The van der Waals surface area contributed by atoms with Gasteiger partial charge < -0.3 is 10.4 Å². The van der Waals surface area contributed by atoms with Gasteiger partial charge >= 0.3 is 0 Å². The van der Waals surface area contributed by atoms with Crippen molar-refractivity contribution >= 4 is 0 Å². The predicted octanol–water partition coefficient (Wildman–Crippen LogP) is 1.56. The van der Waals surface area contributed by atoms with E-state index in [1.165, 1.54) is 0 Å². The first kappa shape index (κ1) is 11.7. The van der Waals surface area contributed by atoms with Crippen molar-refractivity contribution in [3.05, 3.63) is 12.7 Å². The second-order valence-electron chi connectivity index (χ2n) is 4.13. The van der Waals surface area contributed by atoms with Gasteiger partial charge in [0, 0.05) is 24.6 Å². The monoisotopic (exact) mass is 171 g/mol. The molecule has 0 aliphatic heterocycles. The second kappa shape index (κ2) is 5.33. The molecule has 0 spiro atoms. The molecule has 2 nitrogen and oxygen atoms in total. The normalized spacial score (nSPS) is 14.3. The van der Waals surface area contributed by atoms with Gasteiger partial charge in [-0.2, -0.15) is 0 Å². The van der Waals surface area contributed by atoms with Crippen LogP contribution in [0.15, 0.2) is 12.7 Å². The molecule has 72 valence electrons. The van der Waals surface area contributed by atoms with Crippen LogP contribution in [0.3, 0.4) is 0 Å². The van der Waals surface area contributed by atoms with Gasteiger partial charge in [0.05, 0.1) is 0 Å². The zero-order valence-electron chi connectivity index (χ0n) is 8.43. The van der Waals surface area contributed by atoms with Crippen molar-refractivity contribution in [1.29, 1.82) is 0 Å². The zero-order valence-corrected chi connectivity index (χ0v) is 8.43. The van der Waals surface area contributed by atoms with Gasteiger partial charge in [0.25, 0.3) is 0 Å². The smallest absolute Gasteiger partial charge is 0.0494 e. The minimum atomic E-state index is -0.0184. The third-order valence-electron chi connectivity index (χ3n) is 1.88. The molecule has 2 heteroatoms. The molecule has 0 aliphatic rings. The van der Waals surface area contributed by atoms with Gasteiger partial charge in [-0.15, -0.1) is 6.58 Å². The summed E-state index contributed by atoms with van der Waals surface area (Å²) >= 11 is 0. The maximum atomic E-state index is 8.98. The largest absolute Gasteiger partial charge is 0.396 e. The summed E-state index contributed by atoms with van der Waals surface area (Å²) in [7, 11) is 0. The molecule has 2 N–H and O–H groups in total. The molecule has 0 saturated carbocycles. The number of aliphatic hydroxyl groups excluding tert-OH is 1. The quantitative estimate of drug-likeness (QED) is 0.594. The van der Waals surface area contributed by atoms with E-state index in [0.29, 0.717) is 6.04 Å². The van der Waals surface area contributed by atoms with Crippen molar-refractivity contribution in [1.82, 2.24) is 5.32 Å². The van der Waals surface area contributed by atoms with Crippen LogP contribution in [0.5, 0.6) is 0 Å². The molecule has 12 heavy (non-hydrogen) atoms. The lowest BCUT2D eigenvalue weighted by atomic mass is 9.94. The molecular formula is C10H21NO. The molecule has 0 radical (unpaired) electrons. The Balaban J connectivity index is 3.59. The van der Waals surface area contributed by atoms with Gasteiger partial charge in [-0.3, -0.25) is 0 Å². The molecule has 0 aromatic rings. The van der Waals surface area contributed by atoms with E-state index in [1.807, 2.05) is 19.9 Å². The Hall–Kier alpha value is -0.340. The van der Waals surface area contributed by atoms with Crippen LogP contribution >= 0.6 is 0 Å². The Morgan fingerprint density at radius 3 is 2.58 bits per heavy atom. The van der Waals surface area contributed by atoms with Crippen LogP contribution in [0.2, 0.25) is 0 Å². The van der Waals surface area contributed by atoms with E-state index in [9.17, 15) is 0 Å². The second-order valence-corrected chi connectivity index (χ2v) is 4.13. The van der Waals surface area contributed by atoms with Crippen LogP contribution in [-0.2, 0) is 0 Å². The standard InChI is InChI=1S/C10H21NO/c1-5-6-9(2)11-7-10(3,4)8-12/h5,9,11-12H,1,6-8H2,2-4H3. The number of hydrogen-bond donors (Lipinski definition) is 2. The first-order valence-corrected chi connectivity index (χ1v) is 4.47. The summed E-state index contributed by atoms with van der Waals surface area (Å²) in [5, 5.41) is 12.3. The first-order chi connectivity index (χ1) is 5.52. The molecule has 0 heterocycles. The molecule has 0 aromatic carbocycles. The summed E-state index contributed by atoms with van der Waals surface area (Å²) < 4.78 is 0. The van der Waals surface area contributed by atoms with E-state index < -0.39 is 0 Å². The summed E-state index contributed by atoms with van der Waals surface area (Å²) in [5.74, 6) is 0. The fourth-order valence-electron chi connectivity index (χ4n) is 0.840. The maximum Gasteiger partial charge on any atom is 0.0494 e. The van der Waals surface area contributed by atoms with Crippen LogP contribution in [0, 0.1) is 5.41 Å². The zero-order chi connectivity index (χ0) is 9.61. The Labute approximate surface area is 75.7 Å². The fourth-order valence-corrected chi connectivity index (χ4v) is 0.840. The SMILES string of the molecule is C=CCC(C)NCC(C)(C)CO. The molecule has 0 amide bonds. The topological polar surface area (TPSA) is 32.3 Å². The van der Waals surface area contributed by atoms with E-state index >= 15 is 0 Å². The molecular weight excluding hydrogens is 150 g/mol. The Morgan fingerprint density at radius 2 is 2.17 bits per heavy atom. The highest BCUT2D eigenvalue weighted by molar-refractivity contribution is 4.77. The lowest BCUT2D eigenvalue weighted by Crippen LogP contribution is -2.37. The van der Waals surface area contributed by atoms with Gasteiger partial charge in [-0.25, -0.2) is 0 Å². The van der Waals surface area contributed by atoms with Crippen LogP contribution in [-0.4, -0.2) is 24.3 Å². The van der Waals surface area contributed by atoms with Crippen LogP contribution in [0.1, 0.15) is 27.2 Å². The number of aliphatic hydroxyl groups is 1. The third kappa shape index (κ3) is 5.33. The van der Waals surface area contributed by atoms with Crippen LogP contribution in [0.4, 0.5) is 0 Å². The molecule has 1 unspecified atom stereocenters. The molecule has 0 fully saturated rings. The predicted molar refractivity (Wildman–Crippen MR) is 53.1 cm³/mol. The van der Waals surface area contributed by atoms with Crippen molar-refractivity contribution in [2.24, 2.45) is 5.41 Å². The minimum Gasteiger partial charge on any atom is -0.396 e. The lowest BCUT2D eigenvalue weighted by Gasteiger charge is -2.24. The van der Waals surface area contributed by atoms with Crippen molar-refractivity contribution in [2.45, 2.75) is 33.2 Å². The highest BCUT2D eigenvalue weighted by Gasteiger charge is 2.16. The summed E-state index contributed by atoms with van der Waals surface area (Å²) in [6.45, 7) is 10.9. The van der Waals surface area contributed by atoms with E-state index in [-0.39, 0.29) is 12.0 Å². The van der Waals surface area contributed by atoms with Crippen LogP contribution in [0.25, 0.3) is 0 Å². The fraction of sp³-hybridized carbons (Fsp3) is 0.800. The third-order valence-corrected chi connectivity index (χ3v) is 1.88. The molecule has 1 atom stereocenters. The van der Waals surface area contributed by atoms with Gasteiger partial charge in [0.1, 0.15) is 0 Å². The van der Waals surface area contributed by atoms with E-state index in [0.717, 1.165) is 13.0 Å². The van der Waals surface area contributed by atoms with E-state index in [1.54, 1.807) is 0 Å². The lowest BCUT2D eigenvalue weighted by molar-refractivity contribution is 0.154. The Morgan fingerprint density at radius 1 is 1.58 bits per heavy atom. The summed E-state index contributed by atoms with van der Waals surface area (Å²) in [5.41, 5.74) is -0.0184. The molecule has 0 bridgehead atoms. The van der Waals surface area contributed by atoms with Gasteiger partial charge in [0.15, 0.2) is 0 Å². The average molecular weight is 171 g/mol. The Kier molecular flexibility index (Phi) is 5.18. The molecule has 0 rings (SSSR count). The average Bonchev–Trinajstić information content (AvgIpc) is 2.02. The molecule has 0 aliphatic carbocycles. The minimum absolute atomic E-state index is 0.0184. The Bertz CT molecular complexity index is 132. The maximum absolute atomic E-state index is 8.98. The summed E-state index contributed by atoms with van der Waals surface area (Å²) in [4.78, 5) is 0. The van der Waals surface area contributed by atoms with Crippen molar-refractivity contribution in [2.75, 3.05) is 13.2 Å². The van der Waals surface area contributed by atoms with Gasteiger partial charge in [0.2, 0.25) is 0 Å². The summed E-state index contributed by atoms with van der Waals surface area (Å²) in [6, 6.07) is 0.452. The van der Waals surface area contributed by atoms with Crippen LogP contribution < -0.4 is 5.32 Å². The van der Waals surface area contributed by atoms with Crippen molar-refractivity contribution < 1.29 is 5.11 Å². The highest BCUT2D eigenvalue weighted by atomic mass is 16.3. The summed E-state index contributed by atoms with van der Waals surface area (Å²) in [6.07, 6.45) is 2.88. The number of hydrogen-bond acceptors (Lipinski definition) is 2. The number of rotatable bonds is 6. The van der Waals surface area contributed by atoms with E-state index in [2.05, 4.69) is 18.8 Å². The molecule has 0 aromatic heterocycles. The number of nitrogens with one attached hydrogen (secondary N) is 1. The highest BCUT2D eigenvalue weighted by Crippen LogP contribution is 2.11. The van der Waals surface area contributed by atoms with Crippen molar-refractivity contribution in [3.63, 3.8) is 0 Å². The first-order valence-electron chi connectivity index (χ1n) is 4.47. The van der Waals surface area contributed by atoms with Gasteiger partial charge in [-0.05, 0) is 13.3 Å². The van der Waals surface area contributed by atoms with E-state index in [4.69, 9.17) is 5.11 Å². The van der Waals surface area contributed by atoms with Gasteiger partial charge in [-0.1, -0.05) is 19.9 Å².